The van der Waals surface area contributed by atoms with E-state index in [0.717, 1.165) is 17.9 Å². The lowest BCUT2D eigenvalue weighted by atomic mass is 10.2. The Morgan fingerprint density at radius 1 is 1.12 bits per heavy atom. The van der Waals surface area contributed by atoms with Crippen molar-refractivity contribution in [3.05, 3.63) is 66.5 Å². The first-order valence-corrected chi connectivity index (χ1v) is 7.56. The third-order valence-corrected chi connectivity index (χ3v) is 3.55. The SMILES string of the molecule is CN(Cc1ccccc1)c1ccc(NC(=O)Cn2cnnn2)cc1. The summed E-state index contributed by atoms with van der Waals surface area (Å²) in [6.07, 6.45) is 1.40. The molecule has 0 saturated heterocycles. The lowest BCUT2D eigenvalue weighted by Crippen LogP contribution is -2.19. The van der Waals surface area contributed by atoms with Crippen LogP contribution in [0, 0.1) is 0 Å². The van der Waals surface area contributed by atoms with Gasteiger partial charge in [0.15, 0.2) is 0 Å². The lowest BCUT2D eigenvalue weighted by molar-refractivity contribution is -0.116. The molecule has 0 aliphatic rings. The van der Waals surface area contributed by atoms with Crippen molar-refractivity contribution in [1.82, 2.24) is 20.2 Å². The van der Waals surface area contributed by atoms with Crippen LogP contribution in [-0.2, 0) is 17.9 Å². The first kappa shape index (κ1) is 15.7. The molecule has 122 valence electrons. The van der Waals surface area contributed by atoms with Crippen LogP contribution in [0.25, 0.3) is 0 Å². The standard InChI is InChI=1S/C17H18N6O/c1-22(11-14-5-3-2-4-6-14)16-9-7-15(8-10-16)19-17(24)12-23-13-18-20-21-23/h2-10,13H,11-12H2,1H3,(H,19,24). The van der Waals surface area contributed by atoms with E-state index < -0.39 is 0 Å². The molecule has 3 aromatic rings. The molecule has 0 saturated carbocycles. The molecule has 7 heteroatoms. The van der Waals surface area contributed by atoms with E-state index >= 15 is 0 Å². The fourth-order valence-electron chi connectivity index (χ4n) is 2.35. The number of carbonyl (C=O) groups is 1. The lowest BCUT2D eigenvalue weighted by Gasteiger charge is -2.19. The molecule has 0 atom stereocenters. The number of tetrazole rings is 1. The number of nitrogens with one attached hydrogen (secondary N) is 1. The number of carbonyl (C=O) groups excluding carboxylic acids is 1. The summed E-state index contributed by atoms with van der Waals surface area (Å²) in [7, 11) is 2.04. The molecule has 7 nitrogen and oxygen atoms in total. The summed E-state index contributed by atoms with van der Waals surface area (Å²) in [6.45, 7) is 0.911. The summed E-state index contributed by atoms with van der Waals surface area (Å²) in [5.74, 6) is -0.173. The predicted octanol–water partition coefficient (Wildman–Crippen LogP) is 1.95. The van der Waals surface area contributed by atoms with Crippen molar-refractivity contribution in [2.24, 2.45) is 0 Å². The van der Waals surface area contributed by atoms with Gasteiger partial charge in [0.1, 0.15) is 12.9 Å². The second kappa shape index (κ2) is 7.36. The molecule has 0 aliphatic heterocycles. The predicted molar refractivity (Wildman–Crippen MR) is 91.4 cm³/mol. The van der Waals surface area contributed by atoms with Crippen LogP contribution in [0.5, 0.6) is 0 Å². The largest absolute Gasteiger partial charge is 0.370 e. The molecule has 0 radical (unpaired) electrons. The zero-order valence-corrected chi connectivity index (χ0v) is 13.3. The molecular weight excluding hydrogens is 304 g/mol. The summed E-state index contributed by atoms with van der Waals surface area (Å²) >= 11 is 0. The number of hydrogen-bond donors (Lipinski definition) is 1. The van der Waals surface area contributed by atoms with Gasteiger partial charge in [0.2, 0.25) is 5.91 Å². The highest BCUT2D eigenvalue weighted by molar-refractivity contribution is 5.90. The topological polar surface area (TPSA) is 75.9 Å². The minimum atomic E-state index is -0.173. The highest BCUT2D eigenvalue weighted by atomic mass is 16.2. The van der Waals surface area contributed by atoms with Crippen molar-refractivity contribution in [2.75, 3.05) is 17.3 Å². The van der Waals surface area contributed by atoms with Gasteiger partial charge in [-0.2, -0.15) is 0 Å². The van der Waals surface area contributed by atoms with Crippen LogP contribution in [0.1, 0.15) is 5.56 Å². The molecule has 0 unspecified atom stereocenters. The Balaban J connectivity index is 1.57. The average Bonchev–Trinajstić information content (AvgIpc) is 3.09. The van der Waals surface area contributed by atoms with Crippen molar-refractivity contribution in [1.29, 1.82) is 0 Å². The van der Waals surface area contributed by atoms with Crippen LogP contribution in [0.2, 0.25) is 0 Å². The van der Waals surface area contributed by atoms with Crippen LogP contribution in [-0.4, -0.2) is 33.2 Å². The third kappa shape index (κ3) is 4.16. The van der Waals surface area contributed by atoms with Gasteiger partial charge in [-0.3, -0.25) is 4.79 Å². The molecule has 1 aromatic heterocycles. The van der Waals surface area contributed by atoms with Crippen molar-refractivity contribution >= 4 is 17.3 Å². The molecule has 0 spiro atoms. The van der Waals surface area contributed by atoms with Gasteiger partial charge in [-0.15, -0.1) is 5.10 Å². The Labute approximate surface area is 139 Å². The van der Waals surface area contributed by atoms with Crippen LogP contribution in [0.3, 0.4) is 0 Å². The van der Waals surface area contributed by atoms with Crippen LogP contribution >= 0.6 is 0 Å². The summed E-state index contributed by atoms with van der Waals surface area (Å²) in [6, 6.07) is 18.0. The maximum Gasteiger partial charge on any atom is 0.246 e. The van der Waals surface area contributed by atoms with Crippen LogP contribution < -0.4 is 10.2 Å². The van der Waals surface area contributed by atoms with Crippen molar-refractivity contribution in [3.63, 3.8) is 0 Å². The van der Waals surface area contributed by atoms with E-state index in [9.17, 15) is 4.79 Å². The molecule has 0 aliphatic carbocycles. The fourth-order valence-corrected chi connectivity index (χ4v) is 2.35. The normalized spacial score (nSPS) is 10.4. The van der Waals surface area contributed by atoms with E-state index in [-0.39, 0.29) is 12.5 Å². The molecule has 3 rings (SSSR count). The molecule has 1 N–H and O–H groups in total. The molecule has 0 fully saturated rings. The van der Waals surface area contributed by atoms with E-state index in [1.54, 1.807) is 0 Å². The van der Waals surface area contributed by atoms with Crippen LogP contribution in [0.4, 0.5) is 11.4 Å². The summed E-state index contributed by atoms with van der Waals surface area (Å²) < 4.78 is 1.37. The summed E-state index contributed by atoms with van der Waals surface area (Å²) in [5, 5.41) is 13.5. The minimum Gasteiger partial charge on any atom is -0.370 e. The van der Waals surface area contributed by atoms with Gasteiger partial charge in [-0.25, -0.2) is 4.68 Å². The summed E-state index contributed by atoms with van der Waals surface area (Å²) in [5.41, 5.74) is 3.07. The quantitative estimate of drug-likeness (QED) is 0.750. The zero-order valence-electron chi connectivity index (χ0n) is 13.3. The zero-order chi connectivity index (χ0) is 16.8. The first-order valence-electron chi connectivity index (χ1n) is 7.56. The van der Waals surface area contributed by atoms with E-state index in [2.05, 4.69) is 37.9 Å². The number of anilines is 2. The minimum absolute atomic E-state index is 0.0860. The maximum absolute atomic E-state index is 11.9. The number of amides is 1. The molecule has 2 aromatic carbocycles. The van der Waals surface area contributed by atoms with Gasteiger partial charge in [-0.05, 0) is 40.3 Å². The Morgan fingerprint density at radius 3 is 2.54 bits per heavy atom. The van der Waals surface area contributed by atoms with Crippen molar-refractivity contribution in [2.45, 2.75) is 13.1 Å². The van der Waals surface area contributed by atoms with Gasteiger partial charge < -0.3 is 10.2 Å². The smallest absolute Gasteiger partial charge is 0.246 e. The van der Waals surface area contributed by atoms with Gasteiger partial charge in [0.25, 0.3) is 0 Å². The number of aromatic nitrogens is 4. The number of rotatable bonds is 6. The Morgan fingerprint density at radius 2 is 1.88 bits per heavy atom. The number of nitrogens with zero attached hydrogens (tertiary/aromatic N) is 5. The second-order valence-electron chi connectivity index (χ2n) is 5.44. The second-order valence-corrected chi connectivity index (χ2v) is 5.44. The van der Waals surface area contributed by atoms with Gasteiger partial charge in [-0.1, -0.05) is 30.3 Å². The molecule has 24 heavy (non-hydrogen) atoms. The van der Waals surface area contributed by atoms with Gasteiger partial charge >= 0.3 is 0 Å². The number of benzene rings is 2. The highest BCUT2D eigenvalue weighted by Gasteiger charge is 2.06. The Bertz CT molecular complexity index is 771. The average molecular weight is 322 g/mol. The monoisotopic (exact) mass is 322 g/mol. The van der Waals surface area contributed by atoms with E-state index in [4.69, 9.17) is 0 Å². The van der Waals surface area contributed by atoms with Crippen LogP contribution in [0.15, 0.2) is 60.9 Å². The Hall–Kier alpha value is -3.22. The van der Waals surface area contributed by atoms with Crippen molar-refractivity contribution in [3.8, 4) is 0 Å². The maximum atomic E-state index is 11.9. The first-order chi connectivity index (χ1) is 11.7. The molecule has 1 heterocycles. The van der Waals surface area contributed by atoms with Gasteiger partial charge in [0.05, 0.1) is 0 Å². The molecule has 1 amide bonds. The molecular formula is C17H18N6O. The van der Waals surface area contributed by atoms with Gasteiger partial charge in [0, 0.05) is 25.0 Å². The fraction of sp³-hybridized carbons (Fsp3) is 0.176. The molecule has 0 bridgehead atoms. The third-order valence-electron chi connectivity index (χ3n) is 3.55. The van der Waals surface area contributed by atoms with E-state index in [0.29, 0.717) is 0 Å². The Kier molecular flexibility index (Phi) is 4.81. The summed E-state index contributed by atoms with van der Waals surface area (Å²) in [4.78, 5) is 14.1. The van der Waals surface area contributed by atoms with E-state index in [1.165, 1.54) is 16.6 Å². The van der Waals surface area contributed by atoms with Crippen molar-refractivity contribution < 1.29 is 4.79 Å². The van der Waals surface area contributed by atoms with E-state index in [1.807, 2.05) is 49.5 Å². The highest BCUT2D eigenvalue weighted by Crippen LogP contribution is 2.18. The number of hydrogen-bond acceptors (Lipinski definition) is 5.